The zero-order valence-electron chi connectivity index (χ0n) is 17.4. The number of hydrogen-bond acceptors (Lipinski definition) is 2. The van der Waals surface area contributed by atoms with Crippen LogP contribution in [0.5, 0.6) is 0 Å². The van der Waals surface area contributed by atoms with Gasteiger partial charge >= 0.3 is 0 Å². The van der Waals surface area contributed by atoms with Crippen molar-refractivity contribution in [3.05, 3.63) is 52.2 Å². The molecule has 1 aromatic heterocycles. The fourth-order valence-electron chi connectivity index (χ4n) is 3.72. The van der Waals surface area contributed by atoms with Gasteiger partial charge in [0.05, 0.1) is 5.69 Å². The van der Waals surface area contributed by atoms with Crippen LogP contribution in [0.2, 0.25) is 0 Å². The number of aryl methyl sites for hydroxylation is 4. The van der Waals surface area contributed by atoms with E-state index in [4.69, 9.17) is 4.98 Å². The summed E-state index contributed by atoms with van der Waals surface area (Å²) in [7, 11) is 0. The van der Waals surface area contributed by atoms with Crippen LogP contribution in [-0.2, 0) is 19.4 Å². The zero-order chi connectivity index (χ0) is 18.9. The molecule has 0 amide bonds. The average molecular weight is 353 g/mol. The highest BCUT2D eigenvalue weighted by Gasteiger charge is 2.13. The number of nitrogens with zero attached hydrogens (tertiary/aromatic N) is 1. The van der Waals surface area contributed by atoms with Crippen molar-refractivity contribution in [2.75, 3.05) is 6.54 Å². The molecule has 0 saturated heterocycles. The normalized spacial score (nSPS) is 11.1. The highest BCUT2D eigenvalue weighted by Crippen LogP contribution is 2.29. The maximum Gasteiger partial charge on any atom is 0.0713 e. The second kappa shape index (κ2) is 10.5. The lowest BCUT2D eigenvalue weighted by atomic mass is 9.93. The van der Waals surface area contributed by atoms with Crippen molar-refractivity contribution in [3.8, 4) is 11.3 Å². The molecular formula is C24H36N2. The highest BCUT2D eigenvalue weighted by molar-refractivity contribution is 5.69. The summed E-state index contributed by atoms with van der Waals surface area (Å²) in [5.74, 6) is 0. The Kier molecular flexibility index (Phi) is 8.31. The van der Waals surface area contributed by atoms with E-state index in [-0.39, 0.29) is 0 Å². The average Bonchev–Trinajstić information content (AvgIpc) is 2.65. The molecule has 0 aliphatic rings. The van der Waals surface area contributed by atoms with Crippen molar-refractivity contribution in [1.29, 1.82) is 0 Å². The van der Waals surface area contributed by atoms with Crippen LogP contribution in [0.4, 0.5) is 0 Å². The first kappa shape index (κ1) is 20.6. The number of nitrogens with one attached hydrogen (secondary N) is 1. The van der Waals surface area contributed by atoms with Gasteiger partial charge in [-0.3, -0.25) is 4.98 Å². The minimum absolute atomic E-state index is 0.924. The van der Waals surface area contributed by atoms with Crippen molar-refractivity contribution in [1.82, 2.24) is 10.3 Å². The van der Waals surface area contributed by atoms with E-state index in [9.17, 15) is 0 Å². The Morgan fingerprint density at radius 3 is 2.19 bits per heavy atom. The van der Waals surface area contributed by atoms with E-state index in [1.54, 1.807) is 0 Å². The number of aromatic nitrogens is 1. The molecule has 0 atom stereocenters. The Labute approximate surface area is 160 Å². The van der Waals surface area contributed by atoms with Crippen LogP contribution in [0.1, 0.15) is 74.4 Å². The van der Waals surface area contributed by atoms with Gasteiger partial charge in [0.1, 0.15) is 0 Å². The predicted octanol–water partition coefficient (Wildman–Crippen LogP) is 6.16. The summed E-state index contributed by atoms with van der Waals surface area (Å²) in [5.41, 5.74) is 9.16. The van der Waals surface area contributed by atoms with E-state index in [1.807, 2.05) is 0 Å². The molecule has 0 aliphatic heterocycles. The van der Waals surface area contributed by atoms with Gasteiger partial charge in [-0.1, -0.05) is 58.2 Å². The molecule has 0 aliphatic carbocycles. The van der Waals surface area contributed by atoms with E-state index in [0.717, 1.165) is 37.3 Å². The summed E-state index contributed by atoms with van der Waals surface area (Å²) in [5, 5.41) is 3.61. The van der Waals surface area contributed by atoms with Crippen molar-refractivity contribution >= 4 is 0 Å². The summed E-state index contributed by atoms with van der Waals surface area (Å²) in [6.07, 6.45) is 7.32. The number of hydrogen-bond donors (Lipinski definition) is 1. The van der Waals surface area contributed by atoms with E-state index >= 15 is 0 Å². The Morgan fingerprint density at radius 2 is 1.62 bits per heavy atom. The van der Waals surface area contributed by atoms with E-state index in [1.165, 1.54) is 53.5 Å². The Hall–Kier alpha value is -1.67. The molecule has 1 N–H and O–H groups in total. The van der Waals surface area contributed by atoms with Crippen LogP contribution in [0.25, 0.3) is 11.3 Å². The predicted molar refractivity (Wildman–Crippen MR) is 114 cm³/mol. The molecule has 0 saturated carbocycles. The standard InChI is InChI=1S/C24H36N2/c1-6-9-10-11-15-25-17-22-18(4)16-23(26-19(22)5)24-20(7-2)13-12-14-21(24)8-3/h12-14,16,25H,6-11,15,17H2,1-5H3. The first-order valence-corrected chi connectivity index (χ1v) is 10.4. The van der Waals surface area contributed by atoms with Crippen molar-refractivity contribution in [3.63, 3.8) is 0 Å². The molecule has 0 fully saturated rings. The summed E-state index contributed by atoms with van der Waals surface area (Å²) >= 11 is 0. The molecular weight excluding hydrogens is 316 g/mol. The fourth-order valence-corrected chi connectivity index (χ4v) is 3.72. The topological polar surface area (TPSA) is 24.9 Å². The Bertz CT molecular complexity index is 658. The molecule has 1 aromatic carbocycles. The molecule has 0 bridgehead atoms. The first-order chi connectivity index (χ1) is 12.6. The van der Waals surface area contributed by atoms with Gasteiger partial charge in [0.25, 0.3) is 0 Å². The van der Waals surface area contributed by atoms with Crippen LogP contribution < -0.4 is 5.32 Å². The second-order valence-electron chi connectivity index (χ2n) is 7.28. The summed E-state index contributed by atoms with van der Waals surface area (Å²) in [6.45, 7) is 13.1. The maximum atomic E-state index is 5.01. The molecule has 1 heterocycles. The molecule has 26 heavy (non-hydrogen) atoms. The van der Waals surface area contributed by atoms with Crippen molar-refractivity contribution < 1.29 is 0 Å². The second-order valence-corrected chi connectivity index (χ2v) is 7.28. The molecule has 0 unspecified atom stereocenters. The summed E-state index contributed by atoms with van der Waals surface area (Å²) in [6, 6.07) is 8.95. The smallest absolute Gasteiger partial charge is 0.0713 e. The summed E-state index contributed by atoms with van der Waals surface area (Å²) in [4.78, 5) is 5.01. The number of benzene rings is 1. The van der Waals surface area contributed by atoms with Gasteiger partial charge in [-0.2, -0.15) is 0 Å². The number of rotatable bonds is 10. The lowest BCUT2D eigenvalue weighted by Gasteiger charge is -2.17. The molecule has 2 rings (SSSR count). The summed E-state index contributed by atoms with van der Waals surface area (Å²) < 4.78 is 0. The van der Waals surface area contributed by atoms with Crippen LogP contribution >= 0.6 is 0 Å². The fraction of sp³-hybridized carbons (Fsp3) is 0.542. The quantitative estimate of drug-likeness (QED) is 0.518. The van der Waals surface area contributed by atoms with E-state index in [2.05, 4.69) is 64.2 Å². The van der Waals surface area contributed by atoms with Gasteiger partial charge in [-0.15, -0.1) is 0 Å². The zero-order valence-corrected chi connectivity index (χ0v) is 17.4. The van der Waals surface area contributed by atoms with Gasteiger partial charge in [-0.25, -0.2) is 0 Å². The van der Waals surface area contributed by atoms with Crippen LogP contribution in [0, 0.1) is 13.8 Å². The van der Waals surface area contributed by atoms with Crippen LogP contribution in [-0.4, -0.2) is 11.5 Å². The van der Waals surface area contributed by atoms with Gasteiger partial charge in [0.15, 0.2) is 0 Å². The molecule has 2 nitrogen and oxygen atoms in total. The third-order valence-electron chi connectivity index (χ3n) is 5.32. The van der Waals surface area contributed by atoms with E-state index in [0.29, 0.717) is 0 Å². The van der Waals surface area contributed by atoms with Crippen LogP contribution in [0.15, 0.2) is 24.3 Å². The van der Waals surface area contributed by atoms with Gasteiger partial charge in [0, 0.05) is 17.8 Å². The van der Waals surface area contributed by atoms with E-state index < -0.39 is 0 Å². The Balaban J connectivity index is 2.19. The molecule has 2 heteroatoms. The molecule has 142 valence electrons. The maximum absolute atomic E-state index is 5.01. The minimum atomic E-state index is 0.924. The highest BCUT2D eigenvalue weighted by atomic mass is 14.9. The first-order valence-electron chi connectivity index (χ1n) is 10.4. The molecule has 2 aromatic rings. The third-order valence-corrected chi connectivity index (χ3v) is 5.32. The minimum Gasteiger partial charge on any atom is -0.313 e. The Morgan fingerprint density at radius 1 is 0.923 bits per heavy atom. The number of unbranched alkanes of at least 4 members (excludes halogenated alkanes) is 3. The van der Waals surface area contributed by atoms with Crippen molar-refractivity contribution in [2.24, 2.45) is 0 Å². The monoisotopic (exact) mass is 352 g/mol. The molecule has 0 spiro atoms. The SMILES string of the molecule is CCCCCCNCc1c(C)cc(-c2c(CC)cccc2CC)nc1C. The third kappa shape index (κ3) is 5.17. The lowest BCUT2D eigenvalue weighted by Crippen LogP contribution is -2.17. The number of pyridine rings is 1. The molecule has 0 radical (unpaired) electrons. The van der Waals surface area contributed by atoms with Gasteiger partial charge in [-0.05, 0) is 68.0 Å². The van der Waals surface area contributed by atoms with Gasteiger partial charge in [0.2, 0.25) is 0 Å². The largest absolute Gasteiger partial charge is 0.313 e. The van der Waals surface area contributed by atoms with Gasteiger partial charge < -0.3 is 5.32 Å². The van der Waals surface area contributed by atoms with Crippen LogP contribution in [0.3, 0.4) is 0 Å². The lowest BCUT2D eigenvalue weighted by molar-refractivity contribution is 0.595. The van der Waals surface area contributed by atoms with Crippen molar-refractivity contribution in [2.45, 2.75) is 79.7 Å².